The molecule has 8 nitrogen and oxygen atoms in total. The molecular weight excluding hydrogens is 547 g/mol. The molecule has 0 radical (unpaired) electrons. The van der Waals surface area contributed by atoms with Crippen molar-refractivity contribution in [2.45, 2.75) is 11.8 Å². The van der Waals surface area contributed by atoms with Gasteiger partial charge in [-0.3, -0.25) is 9.59 Å². The number of aliphatic hydroxyl groups is 1. The molecule has 3 aromatic rings. The van der Waals surface area contributed by atoms with Crippen LogP contribution in [0, 0.1) is 11.3 Å². The molecule has 2 amide bonds. The fourth-order valence-corrected chi connectivity index (χ4v) is 4.76. The van der Waals surface area contributed by atoms with Crippen molar-refractivity contribution < 1.29 is 27.9 Å². The number of halogens is 4. The maximum absolute atomic E-state index is 14.0. The molecule has 208 valence electrons. The van der Waals surface area contributed by atoms with E-state index in [9.17, 15) is 33.1 Å². The second-order valence-corrected chi connectivity index (χ2v) is 9.86. The van der Waals surface area contributed by atoms with E-state index < -0.39 is 23.2 Å². The first kappa shape index (κ1) is 28.9. The molecule has 2 aromatic carbocycles. The number of carbonyl (C=O) groups excluding carboxylic acids is 2. The SMILES string of the molecule is CN(C)C(=O)c1ccc(-c2cnc(N3CCN(C(=O)[C@](O)(c4ccccc4)C(F)(F)F)CC3)c(C#N)c2)cc1Cl. The van der Waals surface area contributed by atoms with Gasteiger partial charge < -0.3 is 19.8 Å². The van der Waals surface area contributed by atoms with Gasteiger partial charge in [-0.15, -0.1) is 0 Å². The van der Waals surface area contributed by atoms with Crippen LogP contribution in [0.3, 0.4) is 0 Å². The van der Waals surface area contributed by atoms with Crippen LogP contribution in [0.4, 0.5) is 19.0 Å². The molecule has 12 heteroatoms. The average molecular weight is 572 g/mol. The highest BCUT2D eigenvalue weighted by Crippen LogP contribution is 2.41. The molecule has 0 bridgehead atoms. The Kier molecular flexibility index (Phi) is 8.05. The van der Waals surface area contributed by atoms with Crippen LogP contribution in [0.25, 0.3) is 11.1 Å². The molecule has 0 spiro atoms. The molecule has 40 heavy (non-hydrogen) atoms. The summed E-state index contributed by atoms with van der Waals surface area (Å²) >= 11 is 6.32. The van der Waals surface area contributed by atoms with Gasteiger partial charge in [0.05, 0.1) is 16.1 Å². The molecule has 0 unspecified atom stereocenters. The van der Waals surface area contributed by atoms with Crippen LogP contribution in [0.2, 0.25) is 5.02 Å². The maximum Gasteiger partial charge on any atom is 0.430 e. The average Bonchev–Trinajstić information content (AvgIpc) is 2.95. The molecule has 2 heterocycles. The Morgan fingerprint density at radius 2 is 1.68 bits per heavy atom. The van der Waals surface area contributed by atoms with Gasteiger partial charge in [0.25, 0.3) is 17.4 Å². The van der Waals surface area contributed by atoms with E-state index in [1.165, 1.54) is 29.3 Å². The van der Waals surface area contributed by atoms with Crippen LogP contribution in [-0.4, -0.2) is 78.2 Å². The minimum atomic E-state index is -5.23. The minimum Gasteiger partial charge on any atom is -0.369 e. The van der Waals surface area contributed by atoms with Crippen molar-refractivity contribution in [1.82, 2.24) is 14.8 Å². The van der Waals surface area contributed by atoms with Crippen LogP contribution in [0.15, 0.2) is 60.8 Å². The lowest BCUT2D eigenvalue weighted by Gasteiger charge is -2.40. The Labute approximate surface area is 233 Å². The summed E-state index contributed by atoms with van der Waals surface area (Å²) in [7, 11) is 3.23. The van der Waals surface area contributed by atoms with Gasteiger partial charge in [0.2, 0.25) is 0 Å². The molecule has 4 rings (SSSR count). The Balaban J connectivity index is 1.53. The maximum atomic E-state index is 14.0. The van der Waals surface area contributed by atoms with Crippen molar-refractivity contribution in [3.05, 3.63) is 82.5 Å². The molecule has 1 N–H and O–H groups in total. The lowest BCUT2D eigenvalue weighted by atomic mass is 9.91. The van der Waals surface area contributed by atoms with E-state index in [1.807, 2.05) is 0 Å². The Bertz CT molecular complexity index is 1470. The number of amides is 2. The summed E-state index contributed by atoms with van der Waals surface area (Å²) in [5.41, 5.74) is -2.47. The minimum absolute atomic E-state index is 0.0999. The first-order valence-corrected chi connectivity index (χ1v) is 12.6. The van der Waals surface area contributed by atoms with Gasteiger partial charge in [0, 0.05) is 57.6 Å². The van der Waals surface area contributed by atoms with Gasteiger partial charge in [-0.1, -0.05) is 48.0 Å². The van der Waals surface area contributed by atoms with Gasteiger partial charge in [-0.05, 0) is 23.8 Å². The summed E-state index contributed by atoms with van der Waals surface area (Å²) < 4.78 is 41.9. The zero-order valence-corrected chi connectivity index (χ0v) is 22.4. The normalized spacial score (nSPS) is 15.2. The van der Waals surface area contributed by atoms with Crippen molar-refractivity contribution in [3.8, 4) is 17.2 Å². The molecule has 1 aromatic heterocycles. The van der Waals surface area contributed by atoms with Crippen LogP contribution < -0.4 is 4.90 Å². The number of carbonyl (C=O) groups is 2. The van der Waals surface area contributed by atoms with E-state index in [-0.39, 0.29) is 42.7 Å². The number of pyridine rings is 1. The number of hydrogen-bond donors (Lipinski definition) is 1. The number of alkyl halides is 3. The number of nitriles is 1. The van der Waals surface area contributed by atoms with E-state index >= 15 is 0 Å². The number of aromatic nitrogens is 1. The number of rotatable bonds is 5. The predicted octanol–water partition coefficient (Wildman–Crippen LogP) is 4.07. The molecule has 1 atom stereocenters. The van der Waals surface area contributed by atoms with E-state index in [4.69, 9.17) is 11.6 Å². The smallest absolute Gasteiger partial charge is 0.369 e. The second kappa shape index (κ2) is 11.2. The molecule has 1 aliphatic rings. The van der Waals surface area contributed by atoms with Gasteiger partial charge in [-0.2, -0.15) is 18.4 Å². The predicted molar refractivity (Wildman–Crippen MR) is 143 cm³/mol. The van der Waals surface area contributed by atoms with Crippen LogP contribution in [0.1, 0.15) is 21.5 Å². The van der Waals surface area contributed by atoms with Crippen LogP contribution >= 0.6 is 11.6 Å². The van der Waals surface area contributed by atoms with Crippen molar-refractivity contribution in [2.24, 2.45) is 0 Å². The molecule has 0 saturated carbocycles. The van der Waals surface area contributed by atoms with Crippen molar-refractivity contribution in [2.75, 3.05) is 45.2 Å². The highest BCUT2D eigenvalue weighted by Gasteiger charge is 2.62. The van der Waals surface area contributed by atoms with E-state index in [0.717, 1.165) is 17.0 Å². The fourth-order valence-electron chi connectivity index (χ4n) is 4.50. The molecular formula is C28H25ClF3N5O3. The van der Waals surface area contributed by atoms with Gasteiger partial charge in [0.1, 0.15) is 11.9 Å². The largest absolute Gasteiger partial charge is 0.430 e. The second-order valence-electron chi connectivity index (χ2n) is 9.45. The lowest BCUT2D eigenvalue weighted by Crippen LogP contribution is -2.59. The van der Waals surface area contributed by atoms with Gasteiger partial charge in [0.15, 0.2) is 0 Å². The molecule has 1 fully saturated rings. The summed E-state index contributed by atoms with van der Waals surface area (Å²) in [6, 6.07) is 14.9. The highest BCUT2D eigenvalue weighted by atomic mass is 35.5. The standard InChI is InChI=1S/C28H25ClF3N5O3/c1-35(2)25(38)22-9-8-18(15-23(22)29)20-14-19(16-33)24(34-17-20)36-10-12-37(13-11-36)26(39)27(40,28(30,31)32)21-6-4-3-5-7-21/h3-9,14-15,17,40H,10-13H2,1-2H3/t27-/m1/s1. The topological polar surface area (TPSA) is 101 Å². The summed E-state index contributed by atoms with van der Waals surface area (Å²) in [6.45, 7) is -0.0318. The van der Waals surface area contributed by atoms with Gasteiger partial charge in [-0.25, -0.2) is 4.98 Å². The monoisotopic (exact) mass is 571 g/mol. The Morgan fingerprint density at radius 1 is 1.02 bits per heavy atom. The number of benzene rings is 2. The zero-order chi connectivity index (χ0) is 29.2. The zero-order valence-electron chi connectivity index (χ0n) is 21.6. The van der Waals surface area contributed by atoms with E-state index in [1.54, 1.807) is 43.3 Å². The molecule has 1 aliphatic heterocycles. The summed E-state index contributed by atoms with van der Waals surface area (Å²) in [5, 5.41) is 20.7. The molecule has 0 aliphatic carbocycles. The quantitative estimate of drug-likeness (QED) is 0.495. The number of anilines is 1. The first-order valence-electron chi connectivity index (χ1n) is 12.2. The molecule has 1 saturated heterocycles. The fraction of sp³-hybridized carbons (Fsp3) is 0.286. The van der Waals surface area contributed by atoms with E-state index in [0.29, 0.717) is 22.5 Å². The third-order valence-electron chi connectivity index (χ3n) is 6.70. The number of hydrogen-bond acceptors (Lipinski definition) is 6. The summed E-state index contributed by atoms with van der Waals surface area (Å²) in [4.78, 5) is 33.8. The van der Waals surface area contributed by atoms with Crippen LogP contribution in [-0.2, 0) is 10.4 Å². The lowest BCUT2D eigenvalue weighted by molar-refractivity contribution is -0.262. The number of nitrogens with zero attached hydrogens (tertiary/aromatic N) is 5. The third-order valence-corrected chi connectivity index (χ3v) is 7.02. The van der Waals surface area contributed by atoms with Gasteiger partial charge >= 0.3 is 6.18 Å². The number of piperazine rings is 1. The first-order chi connectivity index (χ1) is 18.9. The van der Waals surface area contributed by atoms with Crippen LogP contribution in [0.5, 0.6) is 0 Å². The highest BCUT2D eigenvalue weighted by molar-refractivity contribution is 6.34. The Morgan fingerprint density at radius 3 is 2.23 bits per heavy atom. The van der Waals surface area contributed by atoms with Crippen molar-refractivity contribution >= 4 is 29.2 Å². The van der Waals surface area contributed by atoms with Crippen molar-refractivity contribution in [1.29, 1.82) is 5.26 Å². The van der Waals surface area contributed by atoms with Crippen molar-refractivity contribution in [3.63, 3.8) is 0 Å². The Hall–Kier alpha value is -4.14. The van der Waals surface area contributed by atoms with E-state index in [2.05, 4.69) is 11.1 Å². The third kappa shape index (κ3) is 5.33. The summed E-state index contributed by atoms with van der Waals surface area (Å²) in [6.07, 6.45) is -3.70. The summed E-state index contributed by atoms with van der Waals surface area (Å²) in [5.74, 6) is -1.39.